The van der Waals surface area contributed by atoms with Crippen LogP contribution in [0.3, 0.4) is 0 Å². The van der Waals surface area contributed by atoms with Crippen LogP contribution >= 0.6 is 0 Å². The molecule has 1 fully saturated rings. The Morgan fingerprint density at radius 1 is 1.48 bits per heavy atom. The quantitative estimate of drug-likeness (QED) is 0.684. The highest BCUT2D eigenvalue weighted by atomic mass is 16.4. The van der Waals surface area contributed by atoms with E-state index in [0.717, 1.165) is 12.8 Å². The molecule has 0 bridgehead atoms. The first-order valence-electron chi connectivity index (χ1n) is 7.17. The van der Waals surface area contributed by atoms with Crippen molar-refractivity contribution in [3.8, 4) is 0 Å². The van der Waals surface area contributed by atoms with Crippen molar-refractivity contribution < 1.29 is 14.7 Å². The number of rotatable bonds is 8. The lowest BCUT2D eigenvalue weighted by molar-refractivity contribution is -0.139. The van der Waals surface area contributed by atoms with Gasteiger partial charge in [-0.3, -0.25) is 19.2 Å². The third-order valence-corrected chi connectivity index (χ3v) is 3.78. The number of carbonyl (C=O) groups excluding carboxylic acids is 1. The number of carbonyl (C=O) groups is 2. The lowest BCUT2D eigenvalue weighted by atomic mass is 9.85. The second kappa shape index (κ2) is 7.16. The summed E-state index contributed by atoms with van der Waals surface area (Å²) in [6, 6.07) is 0.410. The van der Waals surface area contributed by atoms with E-state index in [4.69, 9.17) is 5.11 Å². The molecule has 1 heterocycles. The van der Waals surface area contributed by atoms with E-state index in [0.29, 0.717) is 19.5 Å². The lowest BCUT2D eigenvalue weighted by Crippen LogP contribution is -2.54. The van der Waals surface area contributed by atoms with Crippen molar-refractivity contribution in [2.75, 3.05) is 13.1 Å². The van der Waals surface area contributed by atoms with E-state index in [-0.39, 0.29) is 24.5 Å². The highest BCUT2D eigenvalue weighted by Gasteiger charge is 2.34. The number of amides is 1. The lowest BCUT2D eigenvalue weighted by Gasteiger charge is -2.42. The number of nitrogens with one attached hydrogen (secondary N) is 1. The number of hydrogen-bond donors (Lipinski definition) is 2. The molecule has 1 aliphatic carbocycles. The van der Waals surface area contributed by atoms with E-state index < -0.39 is 5.97 Å². The summed E-state index contributed by atoms with van der Waals surface area (Å²) >= 11 is 0. The van der Waals surface area contributed by atoms with Gasteiger partial charge in [-0.1, -0.05) is 12.1 Å². The Bertz CT molecular complexity index is 470. The molecule has 0 radical (unpaired) electrons. The number of aromatic nitrogens is 3. The zero-order valence-electron chi connectivity index (χ0n) is 12.1. The Hall–Kier alpha value is -1.96. The zero-order valence-corrected chi connectivity index (χ0v) is 12.1. The van der Waals surface area contributed by atoms with Crippen molar-refractivity contribution >= 4 is 11.9 Å². The zero-order chi connectivity index (χ0) is 15.2. The number of aryl methyl sites for hydroxylation is 1. The summed E-state index contributed by atoms with van der Waals surface area (Å²) in [5.41, 5.74) is 0. The van der Waals surface area contributed by atoms with Gasteiger partial charge in [-0.05, 0) is 19.4 Å². The van der Waals surface area contributed by atoms with E-state index in [2.05, 4.69) is 15.6 Å². The second-order valence-electron chi connectivity index (χ2n) is 5.26. The van der Waals surface area contributed by atoms with Crippen LogP contribution in [0.2, 0.25) is 0 Å². The summed E-state index contributed by atoms with van der Waals surface area (Å²) in [7, 11) is 0. The smallest absolute Gasteiger partial charge is 0.317 e. The molecule has 2 rings (SSSR count). The van der Waals surface area contributed by atoms with Gasteiger partial charge < -0.3 is 10.4 Å². The summed E-state index contributed by atoms with van der Waals surface area (Å²) < 4.78 is 1.62. The summed E-state index contributed by atoms with van der Waals surface area (Å²) in [6.45, 7) is 3.24. The summed E-state index contributed by atoms with van der Waals surface area (Å²) in [5, 5.41) is 19.3. The minimum atomic E-state index is -0.808. The molecule has 8 nitrogen and oxygen atoms in total. The first-order chi connectivity index (χ1) is 10.1. The van der Waals surface area contributed by atoms with Crippen LogP contribution < -0.4 is 5.32 Å². The Morgan fingerprint density at radius 2 is 2.24 bits per heavy atom. The van der Waals surface area contributed by atoms with Gasteiger partial charge in [0.2, 0.25) is 5.91 Å². The van der Waals surface area contributed by atoms with E-state index in [1.165, 1.54) is 0 Å². The molecule has 0 unspecified atom stereocenters. The van der Waals surface area contributed by atoms with E-state index in [9.17, 15) is 9.59 Å². The maximum absolute atomic E-state index is 11.8. The molecule has 1 aliphatic rings. The fourth-order valence-corrected chi connectivity index (χ4v) is 2.54. The van der Waals surface area contributed by atoms with Gasteiger partial charge in [0.05, 0.1) is 19.3 Å². The molecule has 1 amide bonds. The number of nitrogens with zero attached hydrogens (tertiary/aromatic N) is 4. The second-order valence-corrected chi connectivity index (χ2v) is 5.26. The molecule has 1 saturated carbocycles. The van der Waals surface area contributed by atoms with Gasteiger partial charge in [0, 0.05) is 24.7 Å². The average Bonchev–Trinajstić information content (AvgIpc) is 2.90. The summed E-state index contributed by atoms with van der Waals surface area (Å²) in [4.78, 5) is 24.5. The van der Waals surface area contributed by atoms with Crippen molar-refractivity contribution in [1.29, 1.82) is 0 Å². The molecular formula is C13H21N5O3. The number of carboxylic acids is 1. The summed E-state index contributed by atoms with van der Waals surface area (Å²) in [5.74, 6) is -0.813. The molecule has 0 spiro atoms. The highest BCUT2D eigenvalue weighted by Crippen LogP contribution is 2.25. The largest absolute Gasteiger partial charge is 0.480 e. The SMILES string of the molecule is CCN(CC(=O)O)C1CC(NC(=O)CCn2ccnn2)C1. The van der Waals surface area contributed by atoms with Crippen LogP contribution in [0.4, 0.5) is 0 Å². The Morgan fingerprint density at radius 3 is 2.81 bits per heavy atom. The van der Waals surface area contributed by atoms with Crippen LogP contribution in [0.1, 0.15) is 26.2 Å². The van der Waals surface area contributed by atoms with Crippen molar-refractivity contribution in [3.63, 3.8) is 0 Å². The normalized spacial score (nSPS) is 21.0. The highest BCUT2D eigenvalue weighted by molar-refractivity contribution is 5.76. The van der Waals surface area contributed by atoms with Gasteiger partial charge >= 0.3 is 5.97 Å². The van der Waals surface area contributed by atoms with Crippen molar-refractivity contribution in [1.82, 2.24) is 25.2 Å². The minimum absolute atomic E-state index is 0.00441. The molecule has 21 heavy (non-hydrogen) atoms. The first-order valence-corrected chi connectivity index (χ1v) is 7.17. The molecule has 8 heteroatoms. The molecular weight excluding hydrogens is 274 g/mol. The number of carboxylic acid groups (broad SMARTS) is 1. The minimum Gasteiger partial charge on any atom is -0.480 e. The molecule has 1 aromatic rings. The van der Waals surface area contributed by atoms with Crippen LogP contribution in [0.25, 0.3) is 0 Å². The van der Waals surface area contributed by atoms with Crippen LogP contribution in [-0.2, 0) is 16.1 Å². The predicted molar refractivity (Wildman–Crippen MR) is 74.5 cm³/mol. The van der Waals surface area contributed by atoms with Gasteiger partial charge in [-0.25, -0.2) is 0 Å². The van der Waals surface area contributed by atoms with E-state index in [1.54, 1.807) is 17.1 Å². The van der Waals surface area contributed by atoms with Crippen LogP contribution in [0.5, 0.6) is 0 Å². The van der Waals surface area contributed by atoms with E-state index >= 15 is 0 Å². The van der Waals surface area contributed by atoms with Crippen LogP contribution in [0, 0.1) is 0 Å². The molecule has 0 atom stereocenters. The van der Waals surface area contributed by atoms with Gasteiger partial charge in [-0.15, -0.1) is 5.10 Å². The van der Waals surface area contributed by atoms with Crippen LogP contribution in [0.15, 0.2) is 12.4 Å². The van der Waals surface area contributed by atoms with Gasteiger partial charge in [0.15, 0.2) is 0 Å². The molecule has 2 N–H and O–H groups in total. The topological polar surface area (TPSA) is 100 Å². The Kier molecular flexibility index (Phi) is 5.26. The van der Waals surface area contributed by atoms with Crippen molar-refractivity contribution in [2.24, 2.45) is 0 Å². The molecule has 0 aliphatic heterocycles. The monoisotopic (exact) mass is 295 g/mol. The third kappa shape index (κ3) is 4.52. The third-order valence-electron chi connectivity index (χ3n) is 3.78. The first kappa shape index (κ1) is 15.4. The van der Waals surface area contributed by atoms with Crippen molar-refractivity contribution in [3.05, 3.63) is 12.4 Å². The number of aliphatic carboxylic acids is 1. The molecule has 1 aromatic heterocycles. The van der Waals surface area contributed by atoms with Crippen LogP contribution in [-0.4, -0.2) is 62.0 Å². The maximum Gasteiger partial charge on any atom is 0.317 e. The number of hydrogen-bond acceptors (Lipinski definition) is 5. The maximum atomic E-state index is 11.8. The summed E-state index contributed by atoms with van der Waals surface area (Å²) in [6.07, 6.45) is 5.30. The Balaban J connectivity index is 1.65. The van der Waals surface area contributed by atoms with Gasteiger partial charge in [0.1, 0.15) is 0 Å². The fourth-order valence-electron chi connectivity index (χ4n) is 2.54. The van der Waals surface area contributed by atoms with Gasteiger partial charge in [0.25, 0.3) is 0 Å². The molecule has 0 saturated heterocycles. The Labute approximate surface area is 123 Å². The number of likely N-dealkylation sites (N-methyl/N-ethyl adjacent to an activating group) is 1. The van der Waals surface area contributed by atoms with Gasteiger partial charge in [-0.2, -0.15) is 0 Å². The average molecular weight is 295 g/mol. The standard InChI is InChI=1S/C13H21N5O3/c1-2-17(9-13(20)21)11-7-10(8-11)15-12(19)3-5-18-6-4-14-16-18/h4,6,10-11H,2-3,5,7-9H2,1H3,(H,15,19)(H,20,21). The molecule has 0 aromatic carbocycles. The van der Waals surface area contributed by atoms with Crippen molar-refractivity contribution in [2.45, 2.75) is 44.8 Å². The van der Waals surface area contributed by atoms with E-state index in [1.807, 2.05) is 11.8 Å². The fraction of sp³-hybridized carbons (Fsp3) is 0.692. The molecule has 116 valence electrons. The predicted octanol–water partition coefficient (Wildman–Crippen LogP) is -0.278.